The van der Waals surface area contributed by atoms with Crippen LogP contribution in [-0.4, -0.2) is 14.8 Å². The van der Waals surface area contributed by atoms with Crippen LogP contribution >= 0.6 is 0 Å². The molecule has 0 saturated heterocycles. The standard InChI is InChI=1S/C8H8N4O2/c1-12-8(13)14-7(11-12)5-3-2-4-6(9)10-5/h2-4H,1H3,(H2,9,10). The molecule has 0 aliphatic heterocycles. The highest BCUT2D eigenvalue weighted by Crippen LogP contribution is 2.12. The highest BCUT2D eigenvalue weighted by Gasteiger charge is 2.08. The Balaban J connectivity index is 2.54. The van der Waals surface area contributed by atoms with Gasteiger partial charge in [-0.05, 0) is 12.1 Å². The summed E-state index contributed by atoms with van der Waals surface area (Å²) < 4.78 is 5.93. The summed E-state index contributed by atoms with van der Waals surface area (Å²) in [4.78, 5) is 14.9. The van der Waals surface area contributed by atoms with Crippen LogP contribution in [0.25, 0.3) is 11.6 Å². The van der Waals surface area contributed by atoms with E-state index in [-0.39, 0.29) is 5.89 Å². The Labute approximate surface area is 79.0 Å². The van der Waals surface area contributed by atoms with E-state index < -0.39 is 5.76 Å². The number of hydrogen-bond acceptors (Lipinski definition) is 5. The van der Waals surface area contributed by atoms with E-state index in [1.807, 2.05) is 0 Å². The smallest absolute Gasteiger partial charge is 0.386 e. The molecule has 0 fully saturated rings. The SMILES string of the molecule is Cn1nc(-c2cccc(N)n2)oc1=O. The van der Waals surface area contributed by atoms with Crippen LogP contribution in [0.4, 0.5) is 5.82 Å². The molecule has 0 bridgehead atoms. The number of nitrogens with zero attached hydrogens (tertiary/aromatic N) is 3. The van der Waals surface area contributed by atoms with Crippen LogP contribution in [0.5, 0.6) is 0 Å². The molecule has 2 N–H and O–H groups in total. The van der Waals surface area contributed by atoms with Crippen molar-refractivity contribution in [2.75, 3.05) is 5.73 Å². The predicted molar refractivity (Wildman–Crippen MR) is 49.4 cm³/mol. The van der Waals surface area contributed by atoms with Crippen molar-refractivity contribution in [1.29, 1.82) is 0 Å². The van der Waals surface area contributed by atoms with E-state index in [1.165, 1.54) is 7.05 Å². The Morgan fingerprint density at radius 2 is 2.29 bits per heavy atom. The number of aryl methyl sites for hydroxylation is 1. The monoisotopic (exact) mass is 192 g/mol. The van der Waals surface area contributed by atoms with Gasteiger partial charge in [0, 0.05) is 7.05 Å². The number of hydrogen-bond donors (Lipinski definition) is 1. The molecule has 72 valence electrons. The van der Waals surface area contributed by atoms with Crippen molar-refractivity contribution in [2.45, 2.75) is 0 Å². The Morgan fingerprint density at radius 1 is 1.50 bits per heavy atom. The summed E-state index contributed by atoms with van der Waals surface area (Å²) in [7, 11) is 1.50. The molecule has 0 aromatic carbocycles. The number of pyridine rings is 1. The summed E-state index contributed by atoms with van der Waals surface area (Å²) in [6.45, 7) is 0. The molecule has 0 atom stereocenters. The summed E-state index contributed by atoms with van der Waals surface area (Å²) in [6.07, 6.45) is 0. The van der Waals surface area contributed by atoms with E-state index in [0.29, 0.717) is 11.5 Å². The molecule has 14 heavy (non-hydrogen) atoms. The van der Waals surface area contributed by atoms with Crippen molar-refractivity contribution in [3.63, 3.8) is 0 Å². The van der Waals surface area contributed by atoms with E-state index in [9.17, 15) is 4.79 Å². The van der Waals surface area contributed by atoms with Crippen LogP contribution < -0.4 is 11.5 Å². The molecule has 0 aliphatic rings. The normalized spacial score (nSPS) is 10.4. The van der Waals surface area contributed by atoms with Crippen molar-refractivity contribution in [1.82, 2.24) is 14.8 Å². The second-order valence-corrected chi connectivity index (χ2v) is 2.74. The van der Waals surface area contributed by atoms with Gasteiger partial charge in [-0.1, -0.05) is 6.07 Å². The van der Waals surface area contributed by atoms with Gasteiger partial charge >= 0.3 is 5.76 Å². The van der Waals surface area contributed by atoms with Crippen molar-refractivity contribution in [3.8, 4) is 11.6 Å². The maximum Gasteiger partial charge on any atom is 0.437 e. The number of anilines is 1. The van der Waals surface area contributed by atoms with Crippen LogP contribution in [0.15, 0.2) is 27.4 Å². The highest BCUT2D eigenvalue weighted by molar-refractivity contribution is 5.49. The number of aromatic nitrogens is 3. The quantitative estimate of drug-likeness (QED) is 0.688. The minimum Gasteiger partial charge on any atom is -0.386 e. The number of nitrogens with two attached hydrogens (primary N) is 1. The highest BCUT2D eigenvalue weighted by atomic mass is 16.4. The lowest BCUT2D eigenvalue weighted by molar-refractivity contribution is 0.504. The average molecular weight is 192 g/mol. The van der Waals surface area contributed by atoms with Crippen molar-refractivity contribution in [3.05, 3.63) is 28.7 Å². The molecular weight excluding hydrogens is 184 g/mol. The topological polar surface area (TPSA) is 86.9 Å². The summed E-state index contributed by atoms with van der Waals surface area (Å²) in [5.74, 6) is 0.00447. The Kier molecular flexibility index (Phi) is 1.81. The minimum atomic E-state index is -0.524. The van der Waals surface area contributed by atoms with Gasteiger partial charge in [0.15, 0.2) is 0 Å². The Morgan fingerprint density at radius 3 is 2.86 bits per heavy atom. The first-order valence-corrected chi connectivity index (χ1v) is 3.94. The minimum absolute atomic E-state index is 0.171. The first-order chi connectivity index (χ1) is 6.66. The van der Waals surface area contributed by atoms with Gasteiger partial charge in [0.05, 0.1) is 0 Å². The fourth-order valence-electron chi connectivity index (χ4n) is 1.02. The summed E-state index contributed by atoms with van der Waals surface area (Å²) in [5.41, 5.74) is 5.92. The van der Waals surface area contributed by atoms with Gasteiger partial charge in [-0.2, -0.15) is 4.68 Å². The zero-order valence-corrected chi connectivity index (χ0v) is 7.47. The fourth-order valence-corrected chi connectivity index (χ4v) is 1.02. The molecule has 0 aliphatic carbocycles. The molecule has 0 spiro atoms. The van der Waals surface area contributed by atoms with Crippen molar-refractivity contribution < 1.29 is 4.42 Å². The number of nitrogen functional groups attached to an aromatic ring is 1. The van der Waals surface area contributed by atoms with Crippen molar-refractivity contribution >= 4 is 5.82 Å². The van der Waals surface area contributed by atoms with Crippen LogP contribution in [0, 0.1) is 0 Å². The third-order valence-corrected chi connectivity index (χ3v) is 1.68. The lowest BCUT2D eigenvalue weighted by Gasteiger charge is -1.94. The molecule has 0 unspecified atom stereocenters. The first kappa shape index (κ1) is 8.49. The molecule has 2 aromatic rings. The van der Waals surface area contributed by atoms with Crippen LogP contribution in [0.3, 0.4) is 0 Å². The summed E-state index contributed by atoms with van der Waals surface area (Å²) in [6, 6.07) is 5.03. The van der Waals surface area contributed by atoms with Crippen molar-refractivity contribution in [2.24, 2.45) is 7.05 Å². The third-order valence-electron chi connectivity index (χ3n) is 1.68. The molecular formula is C8H8N4O2. The lowest BCUT2D eigenvalue weighted by Crippen LogP contribution is -2.09. The largest absolute Gasteiger partial charge is 0.437 e. The molecule has 0 amide bonds. The van der Waals surface area contributed by atoms with E-state index in [0.717, 1.165) is 4.68 Å². The average Bonchev–Trinajstić information content (AvgIpc) is 2.47. The van der Waals surface area contributed by atoms with Gasteiger partial charge < -0.3 is 10.2 Å². The predicted octanol–water partition coefficient (Wildman–Crippen LogP) is 0.0175. The lowest BCUT2D eigenvalue weighted by atomic mass is 10.3. The Bertz CT molecular complexity index is 514. The van der Waals surface area contributed by atoms with Gasteiger partial charge in [-0.25, -0.2) is 9.78 Å². The molecule has 6 nitrogen and oxygen atoms in total. The summed E-state index contributed by atoms with van der Waals surface area (Å²) in [5, 5.41) is 3.84. The second kappa shape index (κ2) is 2.99. The van der Waals surface area contributed by atoms with Gasteiger partial charge in [0.1, 0.15) is 11.5 Å². The van der Waals surface area contributed by atoms with Crippen LogP contribution in [-0.2, 0) is 7.05 Å². The zero-order valence-electron chi connectivity index (χ0n) is 7.47. The summed E-state index contributed by atoms with van der Waals surface area (Å²) >= 11 is 0. The molecule has 0 saturated carbocycles. The molecule has 6 heteroatoms. The maximum absolute atomic E-state index is 11.0. The molecule has 2 rings (SSSR count). The van der Waals surface area contributed by atoms with E-state index in [4.69, 9.17) is 10.2 Å². The van der Waals surface area contributed by atoms with Gasteiger partial charge in [0.25, 0.3) is 5.89 Å². The van der Waals surface area contributed by atoms with Gasteiger partial charge in [0.2, 0.25) is 0 Å². The third kappa shape index (κ3) is 1.37. The van der Waals surface area contributed by atoms with Gasteiger partial charge in [-0.3, -0.25) is 0 Å². The molecule has 2 aromatic heterocycles. The second-order valence-electron chi connectivity index (χ2n) is 2.74. The number of rotatable bonds is 1. The van der Waals surface area contributed by atoms with E-state index in [1.54, 1.807) is 18.2 Å². The molecule has 0 radical (unpaired) electrons. The van der Waals surface area contributed by atoms with E-state index in [2.05, 4.69) is 10.1 Å². The van der Waals surface area contributed by atoms with Crippen LogP contribution in [0.1, 0.15) is 0 Å². The Hall–Kier alpha value is -2.11. The van der Waals surface area contributed by atoms with Gasteiger partial charge in [-0.15, -0.1) is 5.10 Å². The van der Waals surface area contributed by atoms with Crippen LogP contribution in [0.2, 0.25) is 0 Å². The van der Waals surface area contributed by atoms with E-state index >= 15 is 0 Å². The molecule has 2 heterocycles. The first-order valence-electron chi connectivity index (χ1n) is 3.94. The zero-order chi connectivity index (χ0) is 10.1. The maximum atomic E-state index is 11.0. The fraction of sp³-hybridized carbons (Fsp3) is 0.125.